The molecule has 172 valence electrons. The summed E-state index contributed by atoms with van der Waals surface area (Å²) in [7, 11) is 0. The van der Waals surface area contributed by atoms with Crippen LogP contribution in [0.25, 0.3) is 0 Å². The molecule has 5 nitrogen and oxygen atoms in total. The van der Waals surface area contributed by atoms with Gasteiger partial charge in [0.15, 0.2) is 5.78 Å². The lowest BCUT2D eigenvalue weighted by Crippen LogP contribution is -2.45. The molecule has 1 amide bonds. The van der Waals surface area contributed by atoms with E-state index < -0.39 is 5.41 Å². The molecule has 0 aliphatic heterocycles. The van der Waals surface area contributed by atoms with Gasteiger partial charge in [-0.3, -0.25) is 9.59 Å². The zero-order valence-corrected chi connectivity index (χ0v) is 20.8. The highest BCUT2D eigenvalue weighted by molar-refractivity contribution is 5.92. The number of nitrogens with one attached hydrogen (secondary N) is 3. The maximum Gasteiger partial charge on any atom is 0.220 e. The predicted octanol–water partition coefficient (Wildman–Crippen LogP) is 4.59. The van der Waals surface area contributed by atoms with Crippen LogP contribution in [0.2, 0.25) is 0 Å². The fraction of sp³-hybridized carbons (Fsp3) is 0.917. The van der Waals surface area contributed by atoms with Gasteiger partial charge in [0, 0.05) is 22.9 Å². The van der Waals surface area contributed by atoms with E-state index in [9.17, 15) is 9.59 Å². The highest BCUT2D eigenvalue weighted by Crippen LogP contribution is 2.20. The number of hydrogen-bond donors (Lipinski definition) is 3. The van der Waals surface area contributed by atoms with Crippen LogP contribution in [0.3, 0.4) is 0 Å². The Labute approximate surface area is 180 Å². The van der Waals surface area contributed by atoms with Crippen molar-refractivity contribution in [1.29, 1.82) is 0 Å². The number of Topliss-reactive ketones (excluding diaryl/α,β-unsaturated/α-hetero) is 1. The van der Waals surface area contributed by atoms with E-state index in [0.29, 0.717) is 12.8 Å². The minimum atomic E-state index is -0.444. The highest BCUT2D eigenvalue weighted by Gasteiger charge is 2.30. The smallest absolute Gasteiger partial charge is 0.220 e. The van der Waals surface area contributed by atoms with E-state index in [-0.39, 0.29) is 28.8 Å². The van der Waals surface area contributed by atoms with Gasteiger partial charge in [-0.05, 0) is 86.7 Å². The average Bonchev–Trinajstić information content (AvgIpc) is 2.53. The number of carbonyl (C=O) groups excluding carboxylic acids is 2. The fourth-order valence-corrected chi connectivity index (χ4v) is 3.05. The van der Waals surface area contributed by atoms with E-state index in [0.717, 1.165) is 45.2 Å². The largest absolute Gasteiger partial charge is 0.346 e. The van der Waals surface area contributed by atoms with Gasteiger partial charge >= 0.3 is 0 Å². The molecule has 1 unspecified atom stereocenters. The molecule has 0 aliphatic rings. The molecule has 0 saturated heterocycles. The van der Waals surface area contributed by atoms with E-state index in [2.05, 4.69) is 57.5 Å². The first-order valence-electron chi connectivity index (χ1n) is 11.5. The summed E-state index contributed by atoms with van der Waals surface area (Å²) < 4.78 is 0. The maximum absolute atomic E-state index is 12.8. The molecule has 0 aromatic heterocycles. The van der Waals surface area contributed by atoms with Crippen LogP contribution < -0.4 is 16.0 Å². The van der Waals surface area contributed by atoms with Crippen molar-refractivity contribution < 1.29 is 9.59 Å². The lowest BCUT2D eigenvalue weighted by atomic mass is 9.84. The van der Waals surface area contributed by atoms with Crippen LogP contribution in [-0.4, -0.2) is 41.9 Å². The molecule has 0 fully saturated rings. The number of carbonyl (C=O) groups is 2. The van der Waals surface area contributed by atoms with Crippen LogP contribution in [-0.2, 0) is 9.59 Å². The molecule has 1 atom stereocenters. The predicted molar refractivity (Wildman–Crippen MR) is 124 cm³/mol. The van der Waals surface area contributed by atoms with Crippen LogP contribution in [0.1, 0.15) is 107 Å². The van der Waals surface area contributed by atoms with Gasteiger partial charge in [-0.1, -0.05) is 27.2 Å². The van der Waals surface area contributed by atoms with Crippen LogP contribution in [0.5, 0.6) is 0 Å². The van der Waals surface area contributed by atoms with Crippen molar-refractivity contribution in [2.24, 2.45) is 5.41 Å². The topological polar surface area (TPSA) is 70.2 Å². The minimum absolute atomic E-state index is 0.00389. The van der Waals surface area contributed by atoms with Gasteiger partial charge in [0.2, 0.25) is 5.91 Å². The SMILES string of the molecule is CC(C)(C)NCCCCCC(=O)NC(CCCCNC(C)(C)C)C(=O)C(C)(C)C. The Bertz CT molecular complexity index is 482. The molecule has 0 heterocycles. The summed E-state index contributed by atoms with van der Waals surface area (Å²) >= 11 is 0. The molecule has 0 aromatic carbocycles. The second-order valence-electron chi connectivity index (χ2n) is 11.4. The van der Waals surface area contributed by atoms with Crippen molar-refractivity contribution in [1.82, 2.24) is 16.0 Å². The molecule has 0 spiro atoms. The third-order valence-corrected chi connectivity index (χ3v) is 4.70. The fourth-order valence-electron chi connectivity index (χ4n) is 3.05. The number of hydrogen-bond acceptors (Lipinski definition) is 4. The summed E-state index contributed by atoms with van der Waals surface area (Å²) in [6, 6.07) is -0.375. The molecule has 0 radical (unpaired) electrons. The summed E-state index contributed by atoms with van der Waals surface area (Å²) in [5.41, 5.74) is -0.197. The highest BCUT2D eigenvalue weighted by atomic mass is 16.2. The molecule has 0 rings (SSSR count). The van der Waals surface area contributed by atoms with E-state index in [1.54, 1.807) is 0 Å². The summed E-state index contributed by atoms with van der Waals surface area (Å²) in [5, 5.41) is 9.96. The molecule has 0 saturated carbocycles. The Morgan fingerprint density at radius 2 is 1.17 bits per heavy atom. The summed E-state index contributed by atoms with van der Waals surface area (Å²) in [6.07, 6.45) is 6.08. The Kier molecular flexibility index (Phi) is 12.3. The number of unbranched alkanes of at least 4 members (excludes halogenated alkanes) is 3. The number of rotatable bonds is 13. The van der Waals surface area contributed by atoms with Crippen molar-refractivity contribution in [2.75, 3.05) is 13.1 Å². The van der Waals surface area contributed by atoms with Gasteiger partial charge in [0.05, 0.1) is 6.04 Å². The summed E-state index contributed by atoms with van der Waals surface area (Å²) in [6.45, 7) is 20.6. The quantitative estimate of drug-likeness (QED) is 0.388. The standard InChI is InChI=1S/C24H49N3O2/c1-22(2,3)21(29)19(15-12-14-18-26-24(7,8)9)27-20(28)16-11-10-13-17-25-23(4,5)6/h19,25-26H,10-18H2,1-9H3,(H,27,28). The normalized spacial score (nSPS) is 14.0. The van der Waals surface area contributed by atoms with Crippen LogP contribution in [0, 0.1) is 5.41 Å². The van der Waals surface area contributed by atoms with Crippen molar-refractivity contribution in [3.05, 3.63) is 0 Å². The van der Waals surface area contributed by atoms with E-state index in [1.807, 2.05) is 20.8 Å². The first-order chi connectivity index (χ1) is 13.1. The maximum atomic E-state index is 12.8. The number of ketones is 1. The van der Waals surface area contributed by atoms with E-state index >= 15 is 0 Å². The van der Waals surface area contributed by atoms with E-state index in [1.165, 1.54) is 0 Å². The first-order valence-corrected chi connectivity index (χ1v) is 11.5. The lowest BCUT2D eigenvalue weighted by molar-refractivity contribution is -0.132. The molecule has 0 bridgehead atoms. The third-order valence-electron chi connectivity index (χ3n) is 4.70. The van der Waals surface area contributed by atoms with Gasteiger partial charge in [-0.15, -0.1) is 0 Å². The molecule has 0 aromatic rings. The number of amides is 1. The minimum Gasteiger partial charge on any atom is -0.346 e. The zero-order chi connectivity index (χ0) is 22.7. The Morgan fingerprint density at radius 3 is 1.62 bits per heavy atom. The van der Waals surface area contributed by atoms with Gasteiger partial charge < -0.3 is 16.0 Å². The molecule has 5 heteroatoms. The zero-order valence-electron chi connectivity index (χ0n) is 20.8. The van der Waals surface area contributed by atoms with Crippen molar-refractivity contribution in [3.8, 4) is 0 Å². The summed E-state index contributed by atoms with van der Waals surface area (Å²) in [4.78, 5) is 25.2. The van der Waals surface area contributed by atoms with Crippen molar-refractivity contribution in [3.63, 3.8) is 0 Å². The van der Waals surface area contributed by atoms with Crippen LogP contribution in [0.4, 0.5) is 0 Å². The average molecular weight is 412 g/mol. The van der Waals surface area contributed by atoms with Crippen molar-refractivity contribution >= 4 is 11.7 Å². The molecular weight excluding hydrogens is 362 g/mol. The second-order valence-corrected chi connectivity index (χ2v) is 11.4. The van der Waals surface area contributed by atoms with Crippen LogP contribution in [0.15, 0.2) is 0 Å². The molecule has 0 aliphatic carbocycles. The monoisotopic (exact) mass is 411 g/mol. The van der Waals surface area contributed by atoms with Crippen LogP contribution >= 0.6 is 0 Å². The van der Waals surface area contributed by atoms with Gasteiger partial charge in [0.25, 0.3) is 0 Å². The third kappa shape index (κ3) is 16.5. The lowest BCUT2D eigenvalue weighted by Gasteiger charge is -2.26. The van der Waals surface area contributed by atoms with Gasteiger partial charge in [-0.2, -0.15) is 0 Å². The van der Waals surface area contributed by atoms with Gasteiger partial charge in [0.1, 0.15) is 0 Å². The van der Waals surface area contributed by atoms with Crippen molar-refractivity contribution in [2.45, 2.75) is 124 Å². The Morgan fingerprint density at radius 1 is 0.690 bits per heavy atom. The molecular formula is C24H49N3O2. The first kappa shape index (κ1) is 28.1. The molecule has 29 heavy (non-hydrogen) atoms. The second kappa shape index (κ2) is 12.7. The van der Waals surface area contributed by atoms with E-state index in [4.69, 9.17) is 0 Å². The Balaban J connectivity index is 4.35. The summed E-state index contributed by atoms with van der Waals surface area (Å²) in [5.74, 6) is 0.133. The molecule has 3 N–H and O–H groups in total. The Hall–Kier alpha value is -0.940. The van der Waals surface area contributed by atoms with Gasteiger partial charge in [-0.25, -0.2) is 0 Å².